The Morgan fingerprint density at radius 3 is 2.84 bits per heavy atom. The number of hydrogen-bond acceptors (Lipinski definition) is 5. The maximum Gasteiger partial charge on any atom is 0.217 e. The van der Waals surface area contributed by atoms with E-state index in [0.717, 1.165) is 61.7 Å². The minimum Gasteiger partial charge on any atom is -0.370 e. The van der Waals surface area contributed by atoms with Crippen LogP contribution in [0.25, 0.3) is 11.4 Å². The highest BCUT2D eigenvalue weighted by atomic mass is 16.1. The van der Waals surface area contributed by atoms with Crippen molar-refractivity contribution in [2.24, 2.45) is 11.7 Å². The Balaban J connectivity index is 1.82. The van der Waals surface area contributed by atoms with Crippen LogP contribution < -0.4 is 10.6 Å². The summed E-state index contributed by atoms with van der Waals surface area (Å²) in [7, 11) is 0. The van der Waals surface area contributed by atoms with Gasteiger partial charge in [-0.15, -0.1) is 0 Å². The number of carbonyl (C=O) groups excluding carboxylic acids is 1. The van der Waals surface area contributed by atoms with Crippen molar-refractivity contribution in [1.82, 2.24) is 15.0 Å². The number of rotatable bonds is 6. The highest BCUT2D eigenvalue weighted by molar-refractivity contribution is 5.73. The lowest BCUT2D eigenvalue weighted by atomic mass is 9.93. The van der Waals surface area contributed by atoms with Crippen LogP contribution in [0.2, 0.25) is 0 Å². The molecule has 1 fully saturated rings. The molecule has 2 aromatic heterocycles. The van der Waals surface area contributed by atoms with Gasteiger partial charge in [0, 0.05) is 49.2 Å². The largest absolute Gasteiger partial charge is 0.370 e. The second-order valence-electron chi connectivity index (χ2n) is 6.59. The van der Waals surface area contributed by atoms with E-state index in [9.17, 15) is 4.79 Å². The first kappa shape index (κ1) is 17.3. The number of anilines is 1. The molecule has 3 rings (SSSR count). The Labute approximate surface area is 148 Å². The monoisotopic (exact) mass is 339 g/mol. The first-order valence-corrected chi connectivity index (χ1v) is 8.97. The molecule has 0 aromatic carbocycles. The van der Waals surface area contributed by atoms with Gasteiger partial charge >= 0.3 is 0 Å². The molecule has 2 aromatic rings. The summed E-state index contributed by atoms with van der Waals surface area (Å²) in [6.07, 6.45) is 7.97. The summed E-state index contributed by atoms with van der Waals surface area (Å²) in [6.45, 7) is 4.01. The zero-order valence-corrected chi connectivity index (χ0v) is 14.7. The molecule has 132 valence electrons. The van der Waals surface area contributed by atoms with Crippen molar-refractivity contribution in [3.63, 3.8) is 0 Å². The van der Waals surface area contributed by atoms with Gasteiger partial charge in [-0.25, -0.2) is 9.97 Å². The Morgan fingerprint density at radius 2 is 2.12 bits per heavy atom. The number of nitrogens with zero attached hydrogens (tertiary/aromatic N) is 4. The maximum atomic E-state index is 11.1. The molecule has 0 saturated carbocycles. The van der Waals surface area contributed by atoms with Gasteiger partial charge < -0.3 is 10.6 Å². The summed E-state index contributed by atoms with van der Waals surface area (Å²) >= 11 is 0. The summed E-state index contributed by atoms with van der Waals surface area (Å²) in [5.41, 5.74) is 7.32. The fourth-order valence-corrected chi connectivity index (χ4v) is 3.31. The van der Waals surface area contributed by atoms with Gasteiger partial charge in [0.2, 0.25) is 5.91 Å². The summed E-state index contributed by atoms with van der Waals surface area (Å²) in [4.78, 5) is 26.9. The normalized spacial score (nSPS) is 17.5. The second kappa shape index (κ2) is 8.05. The molecule has 1 amide bonds. The van der Waals surface area contributed by atoms with E-state index in [2.05, 4.69) is 27.9 Å². The molecule has 1 saturated heterocycles. The van der Waals surface area contributed by atoms with Crippen molar-refractivity contribution >= 4 is 11.7 Å². The lowest BCUT2D eigenvalue weighted by Crippen LogP contribution is -2.36. The third kappa shape index (κ3) is 4.53. The van der Waals surface area contributed by atoms with Crippen LogP contribution in [0, 0.1) is 5.92 Å². The van der Waals surface area contributed by atoms with Crippen molar-refractivity contribution in [2.45, 2.75) is 39.0 Å². The van der Waals surface area contributed by atoms with Crippen LogP contribution in [0.5, 0.6) is 0 Å². The fraction of sp³-hybridized carbons (Fsp3) is 0.474. The van der Waals surface area contributed by atoms with Crippen molar-refractivity contribution in [2.75, 3.05) is 18.0 Å². The van der Waals surface area contributed by atoms with E-state index >= 15 is 0 Å². The summed E-state index contributed by atoms with van der Waals surface area (Å²) in [5.74, 6) is 2.00. The van der Waals surface area contributed by atoms with Gasteiger partial charge in [0.05, 0.1) is 0 Å². The van der Waals surface area contributed by atoms with Gasteiger partial charge in [-0.3, -0.25) is 9.78 Å². The number of piperidine rings is 1. The van der Waals surface area contributed by atoms with Gasteiger partial charge in [0.15, 0.2) is 5.82 Å². The molecule has 1 atom stereocenters. The number of pyridine rings is 1. The van der Waals surface area contributed by atoms with E-state index in [4.69, 9.17) is 10.7 Å². The van der Waals surface area contributed by atoms with Crippen LogP contribution in [0.1, 0.15) is 38.3 Å². The molecule has 1 aliphatic rings. The topological polar surface area (TPSA) is 85.0 Å². The summed E-state index contributed by atoms with van der Waals surface area (Å²) in [5, 5.41) is 0. The Kier molecular flexibility index (Phi) is 5.58. The van der Waals surface area contributed by atoms with Crippen LogP contribution in [0.4, 0.5) is 5.82 Å². The Bertz CT molecular complexity index is 719. The number of hydrogen-bond donors (Lipinski definition) is 1. The van der Waals surface area contributed by atoms with E-state index < -0.39 is 0 Å². The average Bonchev–Trinajstić information content (AvgIpc) is 2.67. The first-order chi connectivity index (χ1) is 12.2. The molecule has 3 heterocycles. The van der Waals surface area contributed by atoms with Gasteiger partial charge in [0.25, 0.3) is 0 Å². The Morgan fingerprint density at radius 1 is 1.32 bits per heavy atom. The predicted molar refractivity (Wildman–Crippen MR) is 98.0 cm³/mol. The minimum absolute atomic E-state index is 0.215. The predicted octanol–water partition coefficient (Wildman–Crippen LogP) is 2.58. The summed E-state index contributed by atoms with van der Waals surface area (Å²) in [6, 6.07) is 5.95. The van der Waals surface area contributed by atoms with E-state index in [1.165, 1.54) is 0 Å². The van der Waals surface area contributed by atoms with Gasteiger partial charge in [-0.1, -0.05) is 6.92 Å². The minimum atomic E-state index is -0.215. The third-order valence-corrected chi connectivity index (χ3v) is 4.71. The fourth-order valence-electron chi connectivity index (χ4n) is 3.31. The van der Waals surface area contributed by atoms with E-state index in [0.29, 0.717) is 12.3 Å². The third-order valence-electron chi connectivity index (χ3n) is 4.71. The number of amides is 1. The smallest absolute Gasteiger partial charge is 0.217 e. The number of nitrogens with two attached hydrogens (primary N) is 1. The number of carbonyl (C=O) groups is 1. The highest BCUT2D eigenvalue weighted by Crippen LogP contribution is 2.27. The van der Waals surface area contributed by atoms with Gasteiger partial charge in [0.1, 0.15) is 5.82 Å². The van der Waals surface area contributed by atoms with E-state index in [-0.39, 0.29) is 5.91 Å². The average molecular weight is 339 g/mol. The molecule has 2 N–H and O–H groups in total. The zero-order valence-electron chi connectivity index (χ0n) is 14.7. The SMILES string of the molecule is CCc1cc(N2CCCC(CCC(N)=O)C2)nc(-c2ccncc2)n1. The first-order valence-electron chi connectivity index (χ1n) is 8.97. The number of aryl methyl sites for hydroxylation is 1. The molecule has 6 heteroatoms. The van der Waals surface area contributed by atoms with Crippen LogP contribution in [-0.4, -0.2) is 33.9 Å². The second-order valence-corrected chi connectivity index (χ2v) is 6.59. The molecule has 0 spiro atoms. The van der Waals surface area contributed by atoms with Crippen LogP contribution in [0.3, 0.4) is 0 Å². The zero-order chi connectivity index (χ0) is 17.6. The van der Waals surface area contributed by atoms with E-state index in [1.54, 1.807) is 12.4 Å². The van der Waals surface area contributed by atoms with Crippen LogP contribution >= 0.6 is 0 Å². The molecule has 25 heavy (non-hydrogen) atoms. The van der Waals surface area contributed by atoms with Crippen molar-refractivity contribution in [1.29, 1.82) is 0 Å². The highest BCUT2D eigenvalue weighted by Gasteiger charge is 2.22. The van der Waals surface area contributed by atoms with Gasteiger partial charge in [-0.05, 0) is 43.7 Å². The van der Waals surface area contributed by atoms with Crippen LogP contribution in [0.15, 0.2) is 30.6 Å². The molecule has 1 aliphatic heterocycles. The van der Waals surface area contributed by atoms with Crippen molar-refractivity contribution < 1.29 is 4.79 Å². The Hall–Kier alpha value is -2.50. The molecular weight excluding hydrogens is 314 g/mol. The van der Waals surface area contributed by atoms with Crippen LogP contribution in [-0.2, 0) is 11.2 Å². The lowest BCUT2D eigenvalue weighted by molar-refractivity contribution is -0.118. The number of primary amides is 1. The molecule has 1 unspecified atom stereocenters. The van der Waals surface area contributed by atoms with Gasteiger partial charge in [-0.2, -0.15) is 0 Å². The molecule has 0 radical (unpaired) electrons. The quantitative estimate of drug-likeness (QED) is 0.874. The lowest BCUT2D eigenvalue weighted by Gasteiger charge is -2.33. The molecule has 6 nitrogen and oxygen atoms in total. The maximum absolute atomic E-state index is 11.1. The molecule has 0 aliphatic carbocycles. The molecular formula is C19H25N5O. The van der Waals surface area contributed by atoms with Crippen molar-refractivity contribution in [3.05, 3.63) is 36.3 Å². The summed E-state index contributed by atoms with van der Waals surface area (Å²) < 4.78 is 0. The number of aromatic nitrogens is 3. The standard InChI is InChI=1S/C19H25N5O/c1-2-16-12-18(23-19(22-16)15-7-9-21-10-8-15)24-11-3-4-14(13-24)5-6-17(20)25/h7-10,12,14H,2-6,11,13H2,1H3,(H2,20,25). The van der Waals surface area contributed by atoms with E-state index in [1.807, 2.05) is 12.1 Å². The van der Waals surface area contributed by atoms with Crippen molar-refractivity contribution in [3.8, 4) is 11.4 Å². The molecule has 0 bridgehead atoms.